The second-order valence-electron chi connectivity index (χ2n) is 8.57. The molecule has 1 N–H and O–H groups in total. The van der Waals surface area contributed by atoms with Gasteiger partial charge in [-0.05, 0) is 43.1 Å². The Bertz CT molecular complexity index is 577. The molecule has 0 saturated carbocycles. The van der Waals surface area contributed by atoms with E-state index in [0.717, 1.165) is 5.56 Å². The van der Waals surface area contributed by atoms with Gasteiger partial charge < -0.3 is 9.84 Å². The average Bonchev–Trinajstić information content (AvgIpc) is 2.49. The van der Waals surface area contributed by atoms with Crippen molar-refractivity contribution in [2.24, 2.45) is 16.7 Å². The molecule has 4 nitrogen and oxygen atoms in total. The van der Waals surface area contributed by atoms with Crippen molar-refractivity contribution >= 4 is 11.9 Å². The van der Waals surface area contributed by atoms with Crippen LogP contribution in [-0.2, 0) is 20.7 Å². The molecule has 26 heavy (non-hydrogen) atoms. The first-order valence-electron chi connectivity index (χ1n) is 8.93. The maximum atomic E-state index is 12.8. The molecule has 0 aliphatic carbocycles. The summed E-state index contributed by atoms with van der Waals surface area (Å²) in [4.78, 5) is 24.4. The van der Waals surface area contributed by atoms with Crippen LogP contribution in [0.1, 0.15) is 59.9 Å². The van der Waals surface area contributed by atoms with Crippen LogP contribution in [0.5, 0.6) is 0 Å². The van der Waals surface area contributed by atoms with Gasteiger partial charge in [0.1, 0.15) is 0 Å². The standard InChI is InChI=1S/C21H32O4.Rf/c1-15(2)21(6,14-20(3,4)5)19(24)25-17(18(22)23)13-12-16-10-8-7-9-11-16;/h7-11,15,17H,12-14H2,1-6H3,(H,22,23);. The van der Waals surface area contributed by atoms with Crippen molar-refractivity contribution < 1.29 is 19.4 Å². The monoisotopic (exact) mass is 615 g/mol. The molecule has 0 bridgehead atoms. The Hall–Kier alpha value is -2.84. The number of aryl methyl sites for hydroxylation is 1. The Morgan fingerprint density at radius 2 is 1.62 bits per heavy atom. The molecule has 1 rings (SSSR count). The van der Waals surface area contributed by atoms with Gasteiger partial charge in [0.25, 0.3) is 0 Å². The van der Waals surface area contributed by atoms with E-state index < -0.39 is 23.5 Å². The van der Waals surface area contributed by atoms with Crippen LogP contribution < -0.4 is 0 Å². The zero-order valence-corrected chi connectivity index (χ0v) is 23.4. The maximum Gasteiger partial charge on any atom is 0.345 e. The predicted molar refractivity (Wildman–Crippen MR) is 99.3 cm³/mol. The van der Waals surface area contributed by atoms with Gasteiger partial charge >= 0.3 is 11.9 Å². The van der Waals surface area contributed by atoms with Gasteiger partial charge in [-0.3, -0.25) is 4.79 Å². The average molecular weight is 615 g/mol. The normalized spacial score (nSPS) is 14.9. The van der Waals surface area contributed by atoms with Crippen LogP contribution >= 0.6 is 0 Å². The molecule has 0 heterocycles. The zero-order valence-electron chi connectivity index (χ0n) is 17.0. The van der Waals surface area contributed by atoms with Gasteiger partial charge in [0.05, 0.1) is 5.41 Å². The zero-order chi connectivity index (χ0) is 19.3. The first kappa shape index (κ1) is 23.2. The molecule has 0 spiro atoms. The number of esters is 1. The molecule has 0 saturated heterocycles. The number of benzene rings is 1. The summed E-state index contributed by atoms with van der Waals surface area (Å²) in [6.07, 6.45) is 0.352. The van der Waals surface area contributed by atoms with Crippen LogP contribution in [0.4, 0.5) is 0 Å². The quantitative estimate of drug-likeness (QED) is 0.431. The van der Waals surface area contributed by atoms with E-state index in [1.807, 2.05) is 51.1 Å². The molecule has 0 amide bonds. The summed E-state index contributed by atoms with van der Waals surface area (Å²) in [5.41, 5.74) is 0.269. The second-order valence-corrected chi connectivity index (χ2v) is 8.57. The maximum absolute atomic E-state index is 12.8. The van der Waals surface area contributed by atoms with Crippen molar-refractivity contribution in [1.29, 1.82) is 0 Å². The Morgan fingerprint density at radius 3 is 2.04 bits per heavy atom. The third-order valence-corrected chi connectivity index (χ3v) is 4.70. The summed E-state index contributed by atoms with van der Waals surface area (Å²) < 4.78 is 5.47. The van der Waals surface area contributed by atoms with Crippen molar-refractivity contribution in [3.8, 4) is 0 Å². The van der Waals surface area contributed by atoms with Crippen molar-refractivity contribution in [2.45, 2.75) is 66.9 Å². The number of hydrogen-bond acceptors (Lipinski definition) is 3. The molecule has 0 aliphatic heterocycles. The number of hydrogen-bond donors (Lipinski definition) is 1. The van der Waals surface area contributed by atoms with Gasteiger partial charge in [-0.2, -0.15) is 0 Å². The third-order valence-electron chi connectivity index (χ3n) is 4.70. The Kier molecular flexibility index (Phi) is 8.04. The van der Waals surface area contributed by atoms with E-state index in [1.165, 1.54) is 0 Å². The summed E-state index contributed by atoms with van der Waals surface area (Å²) >= 11 is 0. The predicted octanol–water partition coefficient (Wildman–Crippen LogP) is 4.71. The molecule has 142 valence electrons. The number of rotatable bonds is 8. The van der Waals surface area contributed by atoms with E-state index in [4.69, 9.17) is 4.74 Å². The number of aliphatic carboxylic acids is 1. The SMILES string of the molecule is CC(C)C(C)(CC(C)(C)C)C(=O)OC(CCc1ccccc1)C(=O)O.[Rf]. The van der Waals surface area contributed by atoms with E-state index in [2.05, 4.69) is 20.8 Å². The molecule has 2 unspecified atom stereocenters. The second kappa shape index (κ2) is 9.02. The first-order chi connectivity index (χ1) is 11.5. The van der Waals surface area contributed by atoms with Crippen molar-refractivity contribution in [3.05, 3.63) is 35.9 Å². The third kappa shape index (κ3) is 6.58. The molecule has 2 atom stereocenters. The summed E-state index contributed by atoms with van der Waals surface area (Å²) in [5, 5.41) is 9.46. The van der Waals surface area contributed by atoms with Gasteiger partial charge in [0, 0.05) is 0 Å². The van der Waals surface area contributed by atoms with Crippen molar-refractivity contribution in [1.82, 2.24) is 0 Å². The number of carboxylic acid groups (broad SMARTS) is 1. The summed E-state index contributed by atoms with van der Waals surface area (Å²) in [5.74, 6) is -1.45. The van der Waals surface area contributed by atoms with Crippen LogP contribution in [0.25, 0.3) is 0 Å². The van der Waals surface area contributed by atoms with Crippen molar-refractivity contribution in [2.75, 3.05) is 0 Å². The molecule has 5 heteroatoms. The molecular weight excluding hydrogens is 583 g/mol. The van der Waals surface area contributed by atoms with E-state index >= 15 is 0 Å². The minimum absolute atomic E-state index is 0. The number of ether oxygens (including phenoxy) is 1. The minimum atomic E-state index is -1.12. The fourth-order valence-electron chi connectivity index (χ4n) is 3.05. The fourth-order valence-corrected chi connectivity index (χ4v) is 3.05. The Morgan fingerprint density at radius 1 is 1.08 bits per heavy atom. The number of carbonyl (C=O) groups is 2. The van der Waals surface area contributed by atoms with Gasteiger partial charge in [-0.25, -0.2) is 4.79 Å². The van der Waals surface area contributed by atoms with Gasteiger partial charge in [-0.1, -0.05) is 65.0 Å². The van der Waals surface area contributed by atoms with Gasteiger partial charge in [0.2, 0.25) is 0 Å². The van der Waals surface area contributed by atoms with E-state index in [1.54, 1.807) is 0 Å². The van der Waals surface area contributed by atoms with Crippen LogP contribution in [-0.4, -0.2) is 23.1 Å². The van der Waals surface area contributed by atoms with E-state index in [0.29, 0.717) is 12.8 Å². The minimum Gasteiger partial charge on any atom is -0.479 e. The number of carboxylic acids is 1. The van der Waals surface area contributed by atoms with Crippen LogP contribution in [0, 0.1) is 16.7 Å². The van der Waals surface area contributed by atoms with E-state index in [9.17, 15) is 14.7 Å². The largest absolute Gasteiger partial charge is 0.479 e. The van der Waals surface area contributed by atoms with Crippen LogP contribution in [0.2, 0.25) is 0 Å². The molecule has 0 aliphatic rings. The Labute approximate surface area is 151 Å². The topological polar surface area (TPSA) is 63.6 Å². The molecule has 0 fully saturated rings. The van der Waals surface area contributed by atoms with Crippen molar-refractivity contribution in [3.63, 3.8) is 0 Å². The molecule has 0 radical (unpaired) electrons. The molecular formula is C21H32O4Rf. The first-order valence-corrected chi connectivity index (χ1v) is 8.93. The van der Waals surface area contributed by atoms with Gasteiger partial charge in [-0.15, -0.1) is 0 Å². The summed E-state index contributed by atoms with van der Waals surface area (Å²) in [6.45, 7) is 12.1. The fraction of sp³-hybridized carbons (Fsp3) is 0.619. The van der Waals surface area contributed by atoms with Crippen LogP contribution in [0.15, 0.2) is 30.3 Å². The van der Waals surface area contributed by atoms with Gasteiger partial charge in [0.15, 0.2) is 6.10 Å². The Balaban J connectivity index is 0.00000625. The van der Waals surface area contributed by atoms with Crippen LogP contribution in [0.3, 0.4) is 0 Å². The summed E-state index contributed by atoms with van der Waals surface area (Å²) in [6, 6.07) is 9.63. The number of carbonyl (C=O) groups excluding carboxylic acids is 1. The smallest absolute Gasteiger partial charge is 0.345 e. The molecule has 0 aromatic heterocycles. The summed E-state index contributed by atoms with van der Waals surface area (Å²) in [7, 11) is 0. The molecule has 1 aromatic carbocycles. The molecule has 1 aromatic rings. The van der Waals surface area contributed by atoms with E-state index in [-0.39, 0.29) is 17.8 Å².